The molecule has 0 unspecified atom stereocenters. The minimum Gasteiger partial charge on any atom is -0.508 e. The SMILES string of the molecule is O=C(/C=C/c1ccc(Cl)c(Cl)c1)Nc1cccc(CN2CCC(c3c[nH]c4ccc(O)cc34)CC2)c1. The van der Waals surface area contributed by atoms with Gasteiger partial charge in [-0.3, -0.25) is 9.69 Å². The van der Waals surface area contributed by atoms with Gasteiger partial charge in [0.2, 0.25) is 5.91 Å². The number of phenolic OH excluding ortho intramolecular Hbond substituents is 1. The van der Waals surface area contributed by atoms with Crippen LogP contribution in [0, 0.1) is 0 Å². The molecule has 1 aliphatic rings. The van der Waals surface area contributed by atoms with Crippen molar-refractivity contribution in [1.82, 2.24) is 9.88 Å². The molecule has 4 aromatic rings. The molecular weight excluding hydrogens is 493 g/mol. The van der Waals surface area contributed by atoms with E-state index in [1.165, 1.54) is 11.6 Å². The Hall–Kier alpha value is -3.25. The fraction of sp³-hybridized carbons (Fsp3) is 0.207. The largest absolute Gasteiger partial charge is 0.508 e. The van der Waals surface area contributed by atoms with Crippen LogP contribution in [-0.2, 0) is 11.3 Å². The van der Waals surface area contributed by atoms with Crippen LogP contribution in [0.25, 0.3) is 17.0 Å². The van der Waals surface area contributed by atoms with Crippen LogP contribution in [0.5, 0.6) is 5.75 Å². The first-order chi connectivity index (χ1) is 17.4. The van der Waals surface area contributed by atoms with E-state index in [9.17, 15) is 9.90 Å². The van der Waals surface area contributed by atoms with Crippen molar-refractivity contribution in [2.75, 3.05) is 18.4 Å². The van der Waals surface area contributed by atoms with Crippen LogP contribution >= 0.6 is 23.2 Å². The number of carbonyl (C=O) groups excluding carboxylic acids is 1. The van der Waals surface area contributed by atoms with Crippen molar-refractivity contribution in [2.45, 2.75) is 25.3 Å². The number of hydrogen-bond acceptors (Lipinski definition) is 3. The maximum Gasteiger partial charge on any atom is 0.248 e. The Morgan fingerprint density at radius 2 is 1.89 bits per heavy atom. The molecule has 1 amide bonds. The topological polar surface area (TPSA) is 68.4 Å². The summed E-state index contributed by atoms with van der Waals surface area (Å²) in [6, 6.07) is 18.7. The first-order valence-corrected chi connectivity index (χ1v) is 12.8. The fourth-order valence-corrected chi connectivity index (χ4v) is 5.15. The van der Waals surface area contributed by atoms with Crippen molar-refractivity contribution < 1.29 is 9.90 Å². The highest BCUT2D eigenvalue weighted by molar-refractivity contribution is 6.42. The number of aromatic nitrogens is 1. The lowest BCUT2D eigenvalue weighted by Crippen LogP contribution is -2.32. The maximum atomic E-state index is 12.4. The summed E-state index contributed by atoms with van der Waals surface area (Å²) >= 11 is 12.0. The summed E-state index contributed by atoms with van der Waals surface area (Å²) in [6.07, 6.45) is 7.42. The number of anilines is 1. The number of carbonyl (C=O) groups is 1. The molecule has 0 aliphatic carbocycles. The number of amides is 1. The van der Waals surface area contributed by atoms with Crippen LogP contribution in [0.3, 0.4) is 0 Å². The second kappa shape index (κ2) is 10.8. The number of rotatable bonds is 6. The molecule has 5 rings (SSSR count). The molecule has 1 fully saturated rings. The first kappa shape index (κ1) is 24.4. The van der Waals surface area contributed by atoms with Crippen molar-refractivity contribution in [2.24, 2.45) is 0 Å². The van der Waals surface area contributed by atoms with Gasteiger partial charge >= 0.3 is 0 Å². The number of phenols is 1. The minimum absolute atomic E-state index is 0.205. The zero-order valence-electron chi connectivity index (χ0n) is 19.7. The van der Waals surface area contributed by atoms with E-state index in [0.29, 0.717) is 21.7 Å². The predicted octanol–water partition coefficient (Wildman–Crippen LogP) is 7.21. The molecule has 7 heteroatoms. The Kier molecular flexibility index (Phi) is 7.33. The number of likely N-dealkylation sites (tertiary alicyclic amines) is 1. The Morgan fingerprint density at radius 1 is 1.06 bits per heavy atom. The van der Waals surface area contributed by atoms with E-state index in [0.717, 1.165) is 60.2 Å². The quantitative estimate of drug-likeness (QED) is 0.235. The lowest BCUT2D eigenvalue weighted by atomic mass is 9.89. The van der Waals surface area contributed by atoms with Gasteiger partial charge in [0.1, 0.15) is 5.75 Å². The third-order valence-corrected chi connectivity index (χ3v) is 7.44. The molecule has 1 aliphatic heterocycles. The lowest BCUT2D eigenvalue weighted by molar-refractivity contribution is -0.111. The molecule has 0 radical (unpaired) electrons. The van der Waals surface area contributed by atoms with Crippen LogP contribution < -0.4 is 5.32 Å². The predicted molar refractivity (Wildman–Crippen MR) is 148 cm³/mol. The van der Waals surface area contributed by atoms with Crippen LogP contribution in [0.1, 0.15) is 35.4 Å². The number of H-pyrrole nitrogens is 1. The lowest BCUT2D eigenvalue weighted by Gasteiger charge is -2.32. The standard InChI is InChI=1S/C29H27Cl2N3O2/c30-26-7-4-19(15-27(26)31)5-9-29(36)33-22-3-1-2-20(14-22)18-34-12-10-21(11-13-34)25-17-32-28-8-6-23(35)16-24(25)28/h1-9,14-17,21,32,35H,10-13,18H2,(H,33,36)/b9-5+. The average Bonchev–Trinajstić information content (AvgIpc) is 3.28. The number of nitrogens with one attached hydrogen (secondary N) is 2. The van der Waals surface area contributed by atoms with E-state index in [2.05, 4.69) is 27.5 Å². The van der Waals surface area contributed by atoms with Gasteiger partial charge in [-0.05, 0) is 97.1 Å². The number of benzene rings is 3. The average molecular weight is 520 g/mol. The molecule has 0 atom stereocenters. The second-order valence-corrected chi connectivity index (χ2v) is 10.0. The van der Waals surface area contributed by atoms with Crippen LogP contribution in [0.2, 0.25) is 10.0 Å². The minimum atomic E-state index is -0.205. The highest BCUT2D eigenvalue weighted by Crippen LogP contribution is 2.35. The van der Waals surface area contributed by atoms with Gasteiger partial charge in [0.05, 0.1) is 10.0 Å². The van der Waals surface area contributed by atoms with Gasteiger partial charge < -0.3 is 15.4 Å². The van der Waals surface area contributed by atoms with E-state index in [4.69, 9.17) is 23.2 Å². The Balaban J connectivity index is 1.16. The highest BCUT2D eigenvalue weighted by atomic mass is 35.5. The third-order valence-electron chi connectivity index (χ3n) is 6.70. The van der Waals surface area contributed by atoms with Gasteiger partial charge in [0, 0.05) is 35.4 Å². The summed E-state index contributed by atoms with van der Waals surface area (Å²) in [7, 11) is 0. The van der Waals surface area contributed by atoms with Crippen molar-refractivity contribution in [3.8, 4) is 5.75 Å². The van der Waals surface area contributed by atoms with Crippen LogP contribution in [0.4, 0.5) is 5.69 Å². The van der Waals surface area contributed by atoms with Crippen molar-refractivity contribution >= 4 is 51.8 Å². The number of aromatic hydroxyl groups is 1. The number of aromatic amines is 1. The first-order valence-electron chi connectivity index (χ1n) is 12.0. The monoisotopic (exact) mass is 519 g/mol. The van der Waals surface area contributed by atoms with E-state index >= 15 is 0 Å². The summed E-state index contributed by atoms with van der Waals surface area (Å²) in [5, 5.41) is 14.9. The molecule has 5 nitrogen and oxygen atoms in total. The van der Waals surface area contributed by atoms with Crippen molar-refractivity contribution in [3.63, 3.8) is 0 Å². The van der Waals surface area contributed by atoms with Gasteiger partial charge in [-0.25, -0.2) is 0 Å². The van der Waals surface area contributed by atoms with E-state index in [-0.39, 0.29) is 5.91 Å². The van der Waals surface area contributed by atoms with Gasteiger partial charge in [-0.15, -0.1) is 0 Å². The summed E-state index contributed by atoms with van der Waals surface area (Å²) in [5.41, 5.74) is 5.10. The number of hydrogen-bond donors (Lipinski definition) is 3. The molecule has 184 valence electrons. The van der Waals surface area contributed by atoms with Crippen molar-refractivity contribution in [1.29, 1.82) is 0 Å². The Morgan fingerprint density at radius 3 is 2.69 bits per heavy atom. The molecule has 3 aromatic carbocycles. The molecule has 3 N–H and O–H groups in total. The maximum absolute atomic E-state index is 12.4. The number of piperidine rings is 1. The zero-order valence-corrected chi connectivity index (χ0v) is 21.2. The number of fused-ring (bicyclic) bond motifs is 1. The molecule has 0 bridgehead atoms. The summed E-state index contributed by atoms with van der Waals surface area (Å²) in [6.45, 7) is 2.84. The van der Waals surface area contributed by atoms with Gasteiger partial charge in [0.25, 0.3) is 0 Å². The van der Waals surface area contributed by atoms with E-state index < -0.39 is 0 Å². The van der Waals surface area contributed by atoms with Crippen molar-refractivity contribution in [3.05, 3.63) is 99.7 Å². The van der Waals surface area contributed by atoms with Gasteiger partial charge in [0.15, 0.2) is 0 Å². The number of nitrogens with zero attached hydrogens (tertiary/aromatic N) is 1. The molecule has 2 heterocycles. The zero-order chi connectivity index (χ0) is 25.1. The van der Waals surface area contributed by atoms with Crippen LogP contribution in [-0.4, -0.2) is 34.0 Å². The third kappa shape index (κ3) is 5.76. The Bertz CT molecular complexity index is 1420. The Labute approximate surface area is 220 Å². The van der Waals surface area contributed by atoms with Crippen LogP contribution in [0.15, 0.2) is 72.9 Å². The molecule has 1 saturated heterocycles. The van der Waals surface area contributed by atoms with Gasteiger partial charge in [-0.2, -0.15) is 0 Å². The summed E-state index contributed by atoms with van der Waals surface area (Å²) in [4.78, 5) is 18.2. The van der Waals surface area contributed by atoms with E-state index in [1.54, 1.807) is 24.3 Å². The summed E-state index contributed by atoms with van der Waals surface area (Å²) in [5.74, 6) is 0.575. The van der Waals surface area contributed by atoms with Gasteiger partial charge in [-0.1, -0.05) is 41.4 Å². The summed E-state index contributed by atoms with van der Waals surface area (Å²) < 4.78 is 0. The normalized spacial score (nSPS) is 15.1. The molecule has 1 aromatic heterocycles. The number of halogens is 2. The molecule has 36 heavy (non-hydrogen) atoms. The molecular formula is C29H27Cl2N3O2. The fourth-order valence-electron chi connectivity index (χ4n) is 4.85. The molecule has 0 saturated carbocycles. The molecule has 0 spiro atoms. The second-order valence-electron chi connectivity index (χ2n) is 9.22. The highest BCUT2D eigenvalue weighted by Gasteiger charge is 2.23. The smallest absolute Gasteiger partial charge is 0.248 e. The van der Waals surface area contributed by atoms with E-state index in [1.807, 2.05) is 36.4 Å².